The van der Waals surface area contributed by atoms with Crippen LogP contribution in [0.25, 0.3) is 0 Å². The van der Waals surface area contributed by atoms with Crippen molar-refractivity contribution < 1.29 is 14.0 Å². The van der Waals surface area contributed by atoms with Crippen LogP contribution in [0.15, 0.2) is 17.3 Å². The molecule has 4 nitrogen and oxygen atoms in total. The SMILES string of the molecule is Cc1ccc(F)c(NCCC/C(N)=N/O)c1F. The van der Waals surface area contributed by atoms with Crippen LogP contribution in [0.5, 0.6) is 0 Å². The Labute approximate surface area is 98.1 Å². The average Bonchev–Trinajstić information content (AvgIpc) is 2.32. The monoisotopic (exact) mass is 243 g/mol. The molecule has 0 aliphatic heterocycles. The van der Waals surface area contributed by atoms with Crippen molar-refractivity contribution in [2.45, 2.75) is 19.8 Å². The summed E-state index contributed by atoms with van der Waals surface area (Å²) in [7, 11) is 0. The molecule has 0 radical (unpaired) electrons. The number of hydrogen-bond donors (Lipinski definition) is 3. The standard InChI is InChI=1S/C11H15F2N3O/c1-7-4-5-8(12)11(10(7)13)15-6-2-3-9(14)16-17/h4-5,15,17H,2-3,6H2,1H3,(H2,14,16). The molecule has 1 rings (SSSR count). The largest absolute Gasteiger partial charge is 0.409 e. The average molecular weight is 243 g/mol. The van der Waals surface area contributed by atoms with Crippen LogP contribution < -0.4 is 11.1 Å². The number of aryl methyl sites for hydroxylation is 1. The number of rotatable bonds is 5. The van der Waals surface area contributed by atoms with Gasteiger partial charge in [-0.05, 0) is 25.0 Å². The fraction of sp³-hybridized carbons (Fsp3) is 0.364. The van der Waals surface area contributed by atoms with Gasteiger partial charge in [0, 0.05) is 13.0 Å². The van der Waals surface area contributed by atoms with E-state index in [4.69, 9.17) is 10.9 Å². The van der Waals surface area contributed by atoms with Gasteiger partial charge in [-0.2, -0.15) is 0 Å². The van der Waals surface area contributed by atoms with Crippen molar-refractivity contribution in [1.82, 2.24) is 0 Å². The van der Waals surface area contributed by atoms with E-state index in [1.807, 2.05) is 0 Å². The van der Waals surface area contributed by atoms with Gasteiger partial charge in [-0.1, -0.05) is 11.2 Å². The summed E-state index contributed by atoms with van der Waals surface area (Å²) in [6.45, 7) is 1.91. The molecule has 0 amide bonds. The topological polar surface area (TPSA) is 70.6 Å². The summed E-state index contributed by atoms with van der Waals surface area (Å²) in [6.07, 6.45) is 0.876. The first-order chi connectivity index (χ1) is 8.06. The Morgan fingerprint density at radius 2 is 2.18 bits per heavy atom. The lowest BCUT2D eigenvalue weighted by Gasteiger charge is -2.09. The Balaban J connectivity index is 2.55. The van der Waals surface area contributed by atoms with E-state index in [0.717, 1.165) is 0 Å². The van der Waals surface area contributed by atoms with E-state index < -0.39 is 11.6 Å². The second kappa shape index (κ2) is 6.03. The van der Waals surface area contributed by atoms with Gasteiger partial charge in [0.2, 0.25) is 0 Å². The third kappa shape index (κ3) is 3.58. The third-order valence-corrected chi connectivity index (χ3v) is 2.32. The first kappa shape index (κ1) is 13.2. The highest BCUT2D eigenvalue weighted by molar-refractivity contribution is 5.79. The lowest BCUT2D eigenvalue weighted by Crippen LogP contribution is -2.14. The normalized spacial score (nSPS) is 11.6. The van der Waals surface area contributed by atoms with Gasteiger partial charge >= 0.3 is 0 Å². The number of hydrogen-bond acceptors (Lipinski definition) is 3. The summed E-state index contributed by atoms with van der Waals surface area (Å²) >= 11 is 0. The van der Waals surface area contributed by atoms with E-state index in [1.54, 1.807) is 6.92 Å². The van der Waals surface area contributed by atoms with Gasteiger partial charge in [0.25, 0.3) is 0 Å². The predicted molar refractivity (Wildman–Crippen MR) is 62.2 cm³/mol. The van der Waals surface area contributed by atoms with Crippen LogP contribution in [0.2, 0.25) is 0 Å². The van der Waals surface area contributed by atoms with E-state index in [-0.39, 0.29) is 11.5 Å². The van der Waals surface area contributed by atoms with E-state index >= 15 is 0 Å². The Bertz CT molecular complexity index is 421. The van der Waals surface area contributed by atoms with Crippen molar-refractivity contribution in [2.75, 3.05) is 11.9 Å². The summed E-state index contributed by atoms with van der Waals surface area (Å²) < 4.78 is 26.8. The van der Waals surface area contributed by atoms with Crippen molar-refractivity contribution in [1.29, 1.82) is 0 Å². The van der Waals surface area contributed by atoms with Crippen LogP contribution in [0.3, 0.4) is 0 Å². The predicted octanol–water partition coefficient (Wildman–Crippen LogP) is 2.21. The number of halogens is 2. The van der Waals surface area contributed by atoms with Crippen LogP contribution in [0, 0.1) is 18.6 Å². The maximum Gasteiger partial charge on any atom is 0.152 e. The highest BCUT2D eigenvalue weighted by atomic mass is 19.1. The number of oxime groups is 1. The number of benzene rings is 1. The van der Waals surface area contributed by atoms with Gasteiger partial charge in [-0.15, -0.1) is 0 Å². The smallest absolute Gasteiger partial charge is 0.152 e. The summed E-state index contributed by atoms with van der Waals surface area (Å²) in [5.74, 6) is -1.12. The number of nitrogens with one attached hydrogen (secondary N) is 1. The van der Waals surface area contributed by atoms with Crippen molar-refractivity contribution in [3.05, 3.63) is 29.3 Å². The first-order valence-corrected chi connectivity index (χ1v) is 5.21. The van der Waals surface area contributed by atoms with Crippen molar-refractivity contribution in [3.8, 4) is 0 Å². The second-order valence-corrected chi connectivity index (χ2v) is 3.67. The lowest BCUT2D eigenvalue weighted by atomic mass is 10.2. The Morgan fingerprint density at radius 3 is 2.82 bits per heavy atom. The molecule has 0 unspecified atom stereocenters. The fourth-order valence-corrected chi connectivity index (χ4v) is 1.35. The molecule has 0 bridgehead atoms. The molecular formula is C11H15F2N3O. The molecule has 0 aliphatic rings. The minimum Gasteiger partial charge on any atom is -0.409 e. The molecule has 6 heteroatoms. The molecule has 1 aromatic carbocycles. The summed E-state index contributed by atoms with van der Waals surface area (Å²) in [5, 5.41) is 13.8. The molecule has 94 valence electrons. The highest BCUT2D eigenvalue weighted by Crippen LogP contribution is 2.21. The second-order valence-electron chi connectivity index (χ2n) is 3.67. The van der Waals surface area contributed by atoms with Gasteiger partial charge in [0.1, 0.15) is 17.3 Å². The molecule has 0 atom stereocenters. The zero-order valence-corrected chi connectivity index (χ0v) is 9.50. The van der Waals surface area contributed by atoms with Crippen LogP contribution in [0.1, 0.15) is 18.4 Å². The maximum absolute atomic E-state index is 13.5. The Hall–Kier alpha value is -1.85. The van der Waals surface area contributed by atoms with Gasteiger partial charge in [0.15, 0.2) is 5.82 Å². The quantitative estimate of drug-likeness (QED) is 0.244. The Kier molecular flexibility index (Phi) is 4.68. The van der Waals surface area contributed by atoms with E-state index in [1.165, 1.54) is 12.1 Å². The number of anilines is 1. The highest BCUT2D eigenvalue weighted by Gasteiger charge is 2.10. The third-order valence-electron chi connectivity index (χ3n) is 2.32. The van der Waals surface area contributed by atoms with Crippen molar-refractivity contribution >= 4 is 11.5 Å². The molecule has 0 fully saturated rings. The molecule has 0 aromatic heterocycles. The molecule has 0 spiro atoms. The number of amidine groups is 1. The lowest BCUT2D eigenvalue weighted by molar-refractivity contribution is 0.316. The van der Waals surface area contributed by atoms with Gasteiger partial charge in [-0.3, -0.25) is 0 Å². The van der Waals surface area contributed by atoms with Gasteiger partial charge in [-0.25, -0.2) is 8.78 Å². The molecule has 0 aliphatic carbocycles. The summed E-state index contributed by atoms with van der Waals surface area (Å²) in [6, 6.07) is 2.59. The minimum atomic E-state index is -0.628. The van der Waals surface area contributed by atoms with Crippen LogP contribution in [-0.4, -0.2) is 17.6 Å². The number of nitrogens with zero attached hydrogens (tertiary/aromatic N) is 1. The minimum absolute atomic E-state index is 0.0944. The fourth-order valence-electron chi connectivity index (χ4n) is 1.35. The number of nitrogens with two attached hydrogens (primary N) is 1. The van der Waals surface area contributed by atoms with Crippen LogP contribution in [0.4, 0.5) is 14.5 Å². The van der Waals surface area contributed by atoms with Gasteiger partial charge in [0.05, 0.1) is 0 Å². The molecule has 0 saturated heterocycles. The van der Waals surface area contributed by atoms with Crippen LogP contribution in [-0.2, 0) is 0 Å². The van der Waals surface area contributed by atoms with E-state index in [0.29, 0.717) is 24.9 Å². The maximum atomic E-state index is 13.5. The Morgan fingerprint density at radius 1 is 1.47 bits per heavy atom. The molecular weight excluding hydrogens is 228 g/mol. The van der Waals surface area contributed by atoms with Crippen molar-refractivity contribution in [2.24, 2.45) is 10.9 Å². The van der Waals surface area contributed by atoms with E-state index in [9.17, 15) is 8.78 Å². The summed E-state index contributed by atoms with van der Waals surface area (Å²) in [5.41, 5.74) is 5.51. The molecule has 1 aromatic rings. The molecule has 0 heterocycles. The summed E-state index contributed by atoms with van der Waals surface area (Å²) in [4.78, 5) is 0. The zero-order valence-electron chi connectivity index (χ0n) is 9.50. The molecule has 17 heavy (non-hydrogen) atoms. The first-order valence-electron chi connectivity index (χ1n) is 5.21. The zero-order chi connectivity index (χ0) is 12.8. The van der Waals surface area contributed by atoms with Crippen molar-refractivity contribution in [3.63, 3.8) is 0 Å². The van der Waals surface area contributed by atoms with Gasteiger partial charge < -0.3 is 16.3 Å². The molecule has 0 saturated carbocycles. The van der Waals surface area contributed by atoms with E-state index in [2.05, 4.69) is 10.5 Å². The molecule has 4 N–H and O–H groups in total. The van der Waals surface area contributed by atoms with Crippen LogP contribution >= 0.6 is 0 Å².